The van der Waals surface area contributed by atoms with E-state index in [1.165, 1.54) is 47.5 Å². The van der Waals surface area contributed by atoms with Gasteiger partial charge in [-0.25, -0.2) is 9.07 Å². The lowest BCUT2D eigenvalue weighted by Gasteiger charge is -2.17. The van der Waals surface area contributed by atoms with Gasteiger partial charge in [0.15, 0.2) is 5.69 Å². The Morgan fingerprint density at radius 3 is 2.39 bits per heavy atom. The highest BCUT2D eigenvalue weighted by atomic mass is 19.4. The molecule has 0 radical (unpaired) electrons. The van der Waals surface area contributed by atoms with Gasteiger partial charge in [-0.3, -0.25) is 9.59 Å². The van der Waals surface area contributed by atoms with Gasteiger partial charge in [0.05, 0.1) is 11.4 Å². The van der Waals surface area contributed by atoms with E-state index in [2.05, 4.69) is 10.4 Å². The van der Waals surface area contributed by atoms with Gasteiger partial charge in [-0.1, -0.05) is 0 Å². The van der Waals surface area contributed by atoms with E-state index in [4.69, 9.17) is 0 Å². The Bertz CT molecular complexity index is 1140. The molecule has 0 bridgehead atoms. The van der Waals surface area contributed by atoms with Gasteiger partial charge >= 0.3 is 6.18 Å². The van der Waals surface area contributed by atoms with Gasteiger partial charge in [-0.2, -0.15) is 18.3 Å². The van der Waals surface area contributed by atoms with Crippen LogP contribution in [0.25, 0.3) is 5.69 Å². The van der Waals surface area contributed by atoms with Crippen LogP contribution in [0.3, 0.4) is 0 Å². The highest BCUT2D eigenvalue weighted by molar-refractivity contribution is 6.04. The molecule has 1 aliphatic rings. The van der Waals surface area contributed by atoms with Crippen molar-refractivity contribution in [1.29, 1.82) is 0 Å². The number of hydrogen-bond acceptors (Lipinski definition) is 3. The van der Waals surface area contributed by atoms with Crippen molar-refractivity contribution in [3.63, 3.8) is 0 Å². The molecular weight excluding hydrogens is 416 g/mol. The summed E-state index contributed by atoms with van der Waals surface area (Å²) in [7, 11) is 0. The number of alkyl halides is 3. The fourth-order valence-electron chi connectivity index (χ4n) is 3.29. The van der Waals surface area contributed by atoms with E-state index in [0.29, 0.717) is 25.1 Å². The van der Waals surface area contributed by atoms with Crippen molar-refractivity contribution in [2.75, 3.05) is 16.8 Å². The zero-order chi connectivity index (χ0) is 22.2. The number of rotatable bonds is 4. The SMILES string of the molecule is O=C(Nc1ccc(N2CCCC2=O)c(F)c1)c1ccc(-n2ccc(C(F)(F)F)n2)cc1. The number of nitrogens with one attached hydrogen (secondary N) is 1. The van der Waals surface area contributed by atoms with Gasteiger partial charge in [0.25, 0.3) is 5.91 Å². The molecule has 0 unspecified atom stereocenters. The molecule has 0 spiro atoms. The molecule has 31 heavy (non-hydrogen) atoms. The second kappa shape index (κ2) is 7.86. The zero-order valence-electron chi connectivity index (χ0n) is 16.0. The minimum Gasteiger partial charge on any atom is -0.322 e. The van der Waals surface area contributed by atoms with Crippen molar-refractivity contribution in [3.8, 4) is 5.69 Å². The second-order valence-electron chi connectivity index (χ2n) is 6.96. The second-order valence-corrected chi connectivity index (χ2v) is 6.96. The Hall–Kier alpha value is -3.69. The van der Waals surface area contributed by atoms with Crippen LogP contribution in [0.4, 0.5) is 28.9 Å². The summed E-state index contributed by atoms with van der Waals surface area (Å²) in [4.78, 5) is 25.6. The molecule has 1 aromatic heterocycles. The van der Waals surface area contributed by atoms with Gasteiger partial charge in [0.2, 0.25) is 5.91 Å². The van der Waals surface area contributed by atoms with Crippen molar-refractivity contribution in [2.24, 2.45) is 0 Å². The van der Waals surface area contributed by atoms with E-state index >= 15 is 0 Å². The fourth-order valence-corrected chi connectivity index (χ4v) is 3.29. The molecule has 6 nitrogen and oxygen atoms in total. The lowest BCUT2D eigenvalue weighted by Crippen LogP contribution is -2.24. The van der Waals surface area contributed by atoms with E-state index in [9.17, 15) is 27.2 Å². The first-order valence-corrected chi connectivity index (χ1v) is 9.37. The lowest BCUT2D eigenvalue weighted by atomic mass is 10.2. The van der Waals surface area contributed by atoms with Gasteiger partial charge in [0.1, 0.15) is 5.82 Å². The van der Waals surface area contributed by atoms with E-state index in [-0.39, 0.29) is 22.8 Å². The Balaban J connectivity index is 1.46. The molecule has 3 aromatic rings. The molecule has 4 rings (SSSR count). The summed E-state index contributed by atoms with van der Waals surface area (Å²) in [5, 5.41) is 6.03. The van der Waals surface area contributed by atoms with Crippen LogP contribution in [-0.4, -0.2) is 28.1 Å². The molecule has 1 N–H and O–H groups in total. The standard InChI is InChI=1S/C21H16F4N4O2/c22-16-12-14(5-8-17(16)28-10-1-2-19(28)30)26-20(31)13-3-6-15(7-4-13)29-11-9-18(27-29)21(23,24)25/h3-9,11-12H,1-2,10H2,(H,26,31). The van der Waals surface area contributed by atoms with Crippen LogP contribution in [0.2, 0.25) is 0 Å². The van der Waals surface area contributed by atoms with Crippen LogP contribution in [0, 0.1) is 5.82 Å². The average molecular weight is 432 g/mol. The van der Waals surface area contributed by atoms with Crippen molar-refractivity contribution < 1.29 is 27.2 Å². The van der Waals surface area contributed by atoms with Crippen molar-refractivity contribution >= 4 is 23.2 Å². The van der Waals surface area contributed by atoms with Gasteiger partial charge < -0.3 is 10.2 Å². The van der Waals surface area contributed by atoms with Crippen molar-refractivity contribution in [1.82, 2.24) is 9.78 Å². The van der Waals surface area contributed by atoms with Crippen LogP contribution in [0.1, 0.15) is 28.9 Å². The molecule has 0 atom stereocenters. The van der Waals surface area contributed by atoms with E-state index in [1.807, 2.05) is 0 Å². The predicted molar refractivity (Wildman–Crippen MR) is 105 cm³/mol. The fraction of sp³-hybridized carbons (Fsp3) is 0.190. The number of amides is 2. The largest absolute Gasteiger partial charge is 0.435 e. The Labute approximate surface area is 174 Å². The lowest BCUT2D eigenvalue weighted by molar-refractivity contribution is -0.141. The molecule has 10 heteroatoms. The number of hydrogen-bond donors (Lipinski definition) is 1. The highest BCUT2D eigenvalue weighted by Crippen LogP contribution is 2.28. The maximum absolute atomic E-state index is 14.4. The molecule has 1 aliphatic heterocycles. The topological polar surface area (TPSA) is 67.2 Å². The van der Waals surface area contributed by atoms with Crippen molar-refractivity contribution in [3.05, 3.63) is 71.8 Å². The first-order valence-electron chi connectivity index (χ1n) is 9.37. The summed E-state index contributed by atoms with van der Waals surface area (Å²) in [5.74, 6) is -1.29. The monoisotopic (exact) mass is 432 g/mol. The molecule has 1 fully saturated rings. The molecule has 1 saturated heterocycles. The number of halogens is 4. The van der Waals surface area contributed by atoms with Gasteiger partial charge in [0, 0.05) is 30.4 Å². The van der Waals surface area contributed by atoms with E-state index in [1.54, 1.807) is 0 Å². The molecule has 2 amide bonds. The number of anilines is 2. The zero-order valence-corrected chi connectivity index (χ0v) is 16.0. The molecule has 160 valence electrons. The Kier molecular flexibility index (Phi) is 5.22. The minimum absolute atomic E-state index is 0.143. The number of benzene rings is 2. The van der Waals surface area contributed by atoms with Crippen LogP contribution in [0.15, 0.2) is 54.7 Å². The first kappa shape index (κ1) is 20.6. The third-order valence-electron chi connectivity index (χ3n) is 4.84. The van der Waals surface area contributed by atoms with Gasteiger partial charge in [-0.05, 0) is 55.0 Å². The Morgan fingerprint density at radius 2 is 1.81 bits per heavy atom. The smallest absolute Gasteiger partial charge is 0.322 e. The Morgan fingerprint density at radius 1 is 1.06 bits per heavy atom. The number of aromatic nitrogens is 2. The third-order valence-corrected chi connectivity index (χ3v) is 4.84. The summed E-state index contributed by atoms with van der Waals surface area (Å²) in [6.07, 6.45) is -2.32. The van der Waals surface area contributed by atoms with E-state index < -0.39 is 23.6 Å². The molecular formula is C21H16F4N4O2. The van der Waals surface area contributed by atoms with Gasteiger partial charge in [-0.15, -0.1) is 0 Å². The molecule has 2 heterocycles. The first-order chi connectivity index (χ1) is 14.7. The quantitative estimate of drug-likeness (QED) is 0.621. The van der Waals surface area contributed by atoms with Crippen LogP contribution in [-0.2, 0) is 11.0 Å². The number of carbonyl (C=O) groups is 2. The molecule has 0 saturated carbocycles. The summed E-state index contributed by atoms with van der Waals surface area (Å²) in [5.41, 5.74) is -0.0644. The summed E-state index contributed by atoms with van der Waals surface area (Å²) >= 11 is 0. The van der Waals surface area contributed by atoms with Crippen LogP contribution >= 0.6 is 0 Å². The average Bonchev–Trinajstić information content (AvgIpc) is 3.38. The van der Waals surface area contributed by atoms with Crippen LogP contribution in [0.5, 0.6) is 0 Å². The summed E-state index contributed by atoms with van der Waals surface area (Å²) in [6.45, 7) is 0.453. The highest BCUT2D eigenvalue weighted by Gasteiger charge is 2.33. The summed E-state index contributed by atoms with van der Waals surface area (Å²) in [6, 6.07) is 10.7. The normalized spacial score (nSPS) is 14.2. The summed E-state index contributed by atoms with van der Waals surface area (Å²) < 4.78 is 53.5. The number of carbonyl (C=O) groups excluding carboxylic acids is 2. The van der Waals surface area contributed by atoms with Crippen LogP contribution < -0.4 is 10.2 Å². The molecule has 2 aromatic carbocycles. The maximum atomic E-state index is 14.4. The molecule has 0 aliphatic carbocycles. The van der Waals surface area contributed by atoms with E-state index in [0.717, 1.165) is 16.8 Å². The minimum atomic E-state index is -4.54. The maximum Gasteiger partial charge on any atom is 0.435 e. The predicted octanol–water partition coefficient (Wildman–Crippen LogP) is 4.41. The third kappa shape index (κ3) is 4.27. The van der Waals surface area contributed by atoms with Crippen molar-refractivity contribution in [2.45, 2.75) is 19.0 Å². The number of nitrogens with zero attached hydrogens (tertiary/aromatic N) is 3.